The van der Waals surface area contributed by atoms with E-state index < -0.39 is 0 Å². The smallest absolute Gasteiger partial charge is 0.224 e. The van der Waals surface area contributed by atoms with Gasteiger partial charge in [0.25, 0.3) is 0 Å². The SMILES string of the molecule is CN(CCNC(=O)Cc1cccc2ccccc12)Cc1ccccc1. The minimum Gasteiger partial charge on any atom is -0.355 e. The highest BCUT2D eigenvalue weighted by Gasteiger charge is 2.07. The summed E-state index contributed by atoms with van der Waals surface area (Å²) in [6.45, 7) is 2.38. The van der Waals surface area contributed by atoms with Gasteiger partial charge in [0.05, 0.1) is 6.42 Å². The minimum absolute atomic E-state index is 0.0736. The van der Waals surface area contributed by atoms with E-state index in [4.69, 9.17) is 0 Å². The van der Waals surface area contributed by atoms with Crippen LogP contribution < -0.4 is 5.32 Å². The second kappa shape index (κ2) is 8.45. The molecule has 0 unspecified atom stereocenters. The van der Waals surface area contributed by atoms with Crippen molar-refractivity contribution in [1.29, 1.82) is 0 Å². The first-order valence-corrected chi connectivity index (χ1v) is 8.68. The summed E-state index contributed by atoms with van der Waals surface area (Å²) in [6.07, 6.45) is 0.420. The maximum Gasteiger partial charge on any atom is 0.224 e. The lowest BCUT2D eigenvalue weighted by molar-refractivity contribution is -0.120. The molecule has 128 valence electrons. The molecule has 0 bridgehead atoms. The molecule has 0 aliphatic heterocycles. The number of likely N-dealkylation sites (N-methyl/N-ethyl adjacent to an activating group) is 1. The van der Waals surface area contributed by atoms with Crippen molar-refractivity contribution in [3.8, 4) is 0 Å². The Hall–Kier alpha value is -2.65. The lowest BCUT2D eigenvalue weighted by Crippen LogP contribution is -2.33. The second-order valence-electron chi connectivity index (χ2n) is 6.39. The number of nitrogens with zero attached hydrogens (tertiary/aromatic N) is 1. The number of rotatable bonds is 7. The summed E-state index contributed by atoms with van der Waals surface area (Å²) < 4.78 is 0. The standard InChI is InChI=1S/C22H24N2O/c1-24(17-18-8-3-2-4-9-18)15-14-23-22(25)16-20-12-7-11-19-10-5-6-13-21(19)20/h2-13H,14-17H2,1H3,(H,23,25). The Labute approximate surface area is 149 Å². The van der Waals surface area contributed by atoms with Crippen LogP contribution in [-0.4, -0.2) is 30.9 Å². The Morgan fingerprint density at radius 3 is 2.48 bits per heavy atom. The first-order valence-electron chi connectivity index (χ1n) is 8.68. The highest BCUT2D eigenvalue weighted by atomic mass is 16.1. The van der Waals surface area contributed by atoms with Gasteiger partial charge in [-0.3, -0.25) is 4.79 Å². The molecule has 3 heteroatoms. The highest BCUT2D eigenvalue weighted by molar-refractivity contribution is 5.90. The van der Waals surface area contributed by atoms with Crippen LogP contribution >= 0.6 is 0 Å². The number of benzene rings is 3. The predicted octanol–water partition coefficient (Wildman–Crippen LogP) is 3.63. The molecule has 3 rings (SSSR count). The zero-order valence-corrected chi connectivity index (χ0v) is 14.6. The van der Waals surface area contributed by atoms with E-state index in [9.17, 15) is 4.79 Å². The Bertz CT molecular complexity index is 824. The highest BCUT2D eigenvalue weighted by Crippen LogP contribution is 2.18. The number of carbonyl (C=O) groups excluding carboxylic acids is 1. The molecule has 1 amide bonds. The van der Waals surface area contributed by atoms with Crippen molar-refractivity contribution in [3.05, 3.63) is 83.9 Å². The van der Waals surface area contributed by atoms with E-state index in [-0.39, 0.29) is 5.91 Å². The van der Waals surface area contributed by atoms with Gasteiger partial charge in [-0.05, 0) is 28.9 Å². The van der Waals surface area contributed by atoms with Gasteiger partial charge in [-0.2, -0.15) is 0 Å². The molecule has 25 heavy (non-hydrogen) atoms. The van der Waals surface area contributed by atoms with E-state index >= 15 is 0 Å². The van der Waals surface area contributed by atoms with Crippen LogP contribution in [0, 0.1) is 0 Å². The van der Waals surface area contributed by atoms with Gasteiger partial charge in [-0.25, -0.2) is 0 Å². The molecule has 3 nitrogen and oxygen atoms in total. The Balaban J connectivity index is 1.48. The normalized spacial score (nSPS) is 11.0. The van der Waals surface area contributed by atoms with Crippen LogP contribution in [0.3, 0.4) is 0 Å². The average Bonchev–Trinajstić information content (AvgIpc) is 2.63. The van der Waals surface area contributed by atoms with Gasteiger partial charge < -0.3 is 10.2 Å². The van der Waals surface area contributed by atoms with E-state index in [0.717, 1.165) is 24.0 Å². The molecule has 0 saturated carbocycles. The quantitative estimate of drug-likeness (QED) is 0.716. The first-order chi connectivity index (χ1) is 12.2. The molecule has 0 atom stereocenters. The molecule has 0 aliphatic rings. The summed E-state index contributed by atoms with van der Waals surface area (Å²) in [6, 6.07) is 24.7. The van der Waals surface area contributed by atoms with E-state index in [1.165, 1.54) is 10.9 Å². The Kier molecular flexibility index (Phi) is 5.81. The second-order valence-corrected chi connectivity index (χ2v) is 6.39. The van der Waals surface area contributed by atoms with Gasteiger partial charge in [0.1, 0.15) is 0 Å². The molecule has 0 aromatic heterocycles. The fraction of sp³-hybridized carbons (Fsp3) is 0.227. The van der Waals surface area contributed by atoms with Crippen LogP contribution in [0.1, 0.15) is 11.1 Å². The number of carbonyl (C=O) groups is 1. The molecule has 3 aromatic carbocycles. The lowest BCUT2D eigenvalue weighted by atomic mass is 10.0. The fourth-order valence-electron chi connectivity index (χ4n) is 3.04. The molecule has 0 radical (unpaired) electrons. The van der Waals surface area contributed by atoms with Gasteiger partial charge >= 0.3 is 0 Å². The van der Waals surface area contributed by atoms with Gasteiger partial charge in [0.2, 0.25) is 5.91 Å². The maximum absolute atomic E-state index is 12.3. The zero-order chi connectivity index (χ0) is 17.5. The van der Waals surface area contributed by atoms with Crippen LogP contribution in [0.2, 0.25) is 0 Å². The molecule has 3 aromatic rings. The summed E-state index contributed by atoms with van der Waals surface area (Å²) in [5, 5.41) is 5.36. The largest absolute Gasteiger partial charge is 0.355 e. The fourth-order valence-corrected chi connectivity index (χ4v) is 3.04. The molecular formula is C22H24N2O. The summed E-state index contributed by atoms with van der Waals surface area (Å²) in [7, 11) is 2.07. The minimum atomic E-state index is 0.0736. The first kappa shape index (κ1) is 17.2. The van der Waals surface area contributed by atoms with Gasteiger partial charge in [0, 0.05) is 19.6 Å². The molecular weight excluding hydrogens is 308 g/mol. The molecule has 0 fully saturated rings. The van der Waals surface area contributed by atoms with E-state index in [1.54, 1.807) is 0 Å². The third-order valence-electron chi connectivity index (χ3n) is 4.34. The molecule has 0 spiro atoms. The van der Waals surface area contributed by atoms with Crippen LogP contribution in [-0.2, 0) is 17.8 Å². The molecule has 1 N–H and O–H groups in total. The maximum atomic E-state index is 12.3. The van der Waals surface area contributed by atoms with Crippen molar-refractivity contribution in [2.75, 3.05) is 20.1 Å². The van der Waals surface area contributed by atoms with Gasteiger partial charge in [-0.15, -0.1) is 0 Å². The van der Waals surface area contributed by atoms with Crippen molar-refractivity contribution >= 4 is 16.7 Å². The van der Waals surface area contributed by atoms with Crippen molar-refractivity contribution in [2.45, 2.75) is 13.0 Å². The third-order valence-corrected chi connectivity index (χ3v) is 4.34. The number of hydrogen-bond donors (Lipinski definition) is 1. The summed E-state index contributed by atoms with van der Waals surface area (Å²) in [5.74, 6) is 0.0736. The van der Waals surface area contributed by atoms with Gasteiger partial charge in [-0.1, -0.05) is 72.8 Å². The summed E-state index contributed by atoms with van der Waals surface area (Å²) in [4.78, 5) is 14.5. The Morgan fingerprint density at radius 2 is 1.64 bits per heavy atom. The van der Waals surface area contributed by atoms with E-state index in [0.29, 0.717) is 13.0 Å². The van der Waals surface area contributed by atoms with Crippen molar-refractivity contribution in [2.24, 2.45) is 0 Å². The van der Waals surface area contributed by atoms with Gasteiger partial charge in [0.15, 0.2) is 0 Å². The van der Waals surface area contributed by atoms with Crippen molar-refractivity contribution < 1.29 is 4.79 Å². The van der Waals surface area contributed by atoms with Crippen molar-refractivity contribution in [3.63, 3.8) is 0 Å². The summed E-state index contributed by atoms with van der Waals surface area (Å²) >= 11 is 0. The van der Waals surface area contributed by atoms with Crippen LogP contribution in [0.25, 0.3) is 10.8 Å². The third kappa shape index (κ3) is 4.91. The number of amides is 1. The van der Waals surface area contributed by atoms with Crippen molar-refractivity contribution in [1.82, 2.24) is 10.2 Å². The number of nitrogens with one attached hydrogen (secondary N) is 1. The van der Waals surface area contributed by atoms with E-state index in [2.05, 4.69) is 59.7 Å². The van der Waals surface area contributed by atoms with Crippen LogP contribution in [0.5, 0.6) is 0 Å². The number of hydrogen-bond acceptors (Lipinski definition) is 2. The number of fused-ring (bicyclic) bond motifs is 1. The van der Waals surface area contributed by atoms with Crippen LogP contribution in [0.15, 0.2) is 72.8 Å². The summed E-state index contributed by atoms with van der Waals surface area (Å²) in [5.41, 5.74) is 2.36. The average molecular weight is 332 g/mol. The molecule has 0 aliphatic carbocycles. The Morgan fingerprint density at radius 1 is 0.920 bits per heavy atom. The topological polar surface area (TPSA) is 32.3 Å². The zero-order valence-electron chi connectivity index (χ0n) is 14.6. The van der Waals surface area contributed by atoms with Crippen LogP contribution in [0.4, 0.5) is 0 Å². The molecule has 0 heterocycles. The predicted molar refractivity (Wildman–Crippen MR) is 103 cm³/mol. The van der Waals surface area contributed by atoms with E-state index in [1.807, 2.05) is 30.3 Å². The molecule has 0 saturated heterocycles. The monoisotopic (exact) mass is 332 g/mol. The lowest BCUT2D eigenvalue weighted by Gasteiger charge is -2.17.